The van der Waals surface area contributed by atoms with E-state index >= 15 is 0 Å². The maximum atomic E-state index is 11.8. The van der Waals surface area contributed by atoms with Gasteiger partial charge in [0.2, 0.25) is 0 Å². The fraction of sp³-hybridized carbons (Fsp3) is 0.238. The number of amides is 1. The maximum absolute atomic E-state index is 11.8. The first-order valence-electron chi connectivity index (χ1n) is 8.86. The second kappa shape index (κ2) is 9.94. The Morgan fingerprint density at radius 2 is 1.82 bits per heavy atom. The van der Waals surface area contributed by atoms with Gasteiger partial charge in [0.15, 0.2) is 18.1 Å². The van der Waals surface area contributed by atoms with Gasteiger partial charge in [-0.15, -0.1) is 0 Å². The van der Waals surface area contributed by atoms with Gasteiger partial charge in [-0.25, -0.2) is 4.79 Å². The molecule has 0 saturated carbocycles. The molecule has 28 heavy (non-hydrogen) atoms. The van der Waals surface area contributed by atoms with E-state index in [0.29, 0.717) is 26.2 Å². The van der Waals surface area contributed by atoms with Crippen LogP contribution < -0.4 is 14.8 Å². The topological polar surface area (TPSA) is 73.9 Å². The van der Waals surface area contributed by atoms with Gasteiger partial charge in [0.1, 0.15) is 13.2 Å². The zero-order valence-corrected chi connectivity index (χ0v) is 16.7. The van der Waals surface area contributed by atoms with Gasteiger partial charge >= 0.3 is 5.97 Å². The van der Waals surface area contributed by atoms with E-state index in [1.807, 2.05) is 42.5 Å². The minimum absolute atomic E-state index is 0.315. The molecule has 1 amide bonds. The summed E-state index contributed by atoms with van der Waals surface area (Å²) in [5.74, 6) is 0.552. The summed E-state index contributed by atoms with van der Waals surface area (Å²) in [4.78, 5) is 23.5. The number of hydrogen-bond acceptors (Lipinski definition) is 5. The Morgan fingerprint density at radius 3 is 2.61 bits per heavy atom. The molecule has 0 unspecified atom stereocenters. The second-order valence-corrected chi connectivity index (χ2v) is 6.99. The number of halogens is 1. The van der Waals surface area contributed by atoms with Crippen LogP contribution in [0.1, 0.15) is 11.1 Å². The third kappa shape index (κ3) is 6.13. The lowest BCUT2D eigenvalue weighted by atomic mass is 10.1. The lowest BCUT2D eigenvalue weighted by molar-refractivity contribution is -0.143. The number of carbonyl (C=O) groups excluding carboxylic acids is 2. The minimum Gasteiger partial charge on any atom is -0.486 e. The molecule has 2 aromatic rings. The van der Waals surface area contributed by atoms with E-state index in [1.165, 1.54) is 6.08 Å². The average molecular weight is 446 g/mol. The second-order valence-electron chi connectivity index (χ2n) is 6.07. The molecular weight excluding hydrogens is 426 g/mol. The number of hydrogen-bond donors (Lipinski definition) is 1. The van der Waals surface area contributed by atoms with Gasteiger partial charge < -0.3 is 19.5 Å². The van der Waals surface area contributed by atoms with Gasteiger partial charge in [-0.2, -0.15) is 0 Å². The predicted octanol–water partition coefficient (Wildman–Crippen LogP) is 3.14. The highest BCUT2D eigenvalue weighted by Gasteiger charge is 2.11. The normalized spacial score (nSPS) is 12.6. The highest BCUT2D eigenvalue weighted by molar-refractivity contribution is 9.10. The molecule has 1 heterocycles. The van der Waals surface area contributed by atoms with E-state index in [4.69, 9.17) is 14.2 Å². The molecule has 0 spiro atoms. The number of esters is 1. The predicted molar refractivity (Wildman–Crippen MR) is 108 cm³/mol. The van der Waals surface area contributed by atoms with Crippen molar-refractivity contribution in [3.05, 3.63) is 64.1 Å². The molecule has 1 N–H and O–H groups in total. The van der Waals surface area contributed by atoms with Crippen LogP contribution in [-0.2, 0) is 20.7 Å². The van der Waals surface area contributed by atoms with Crippen LogP contribution in [0, 0.1) is 0 Å². The summed E-state index contributed by atoms with van der Waals surface area (Å²) in [6, 6.07) is 13.2. The monoisotopic (exact) mass is 445 g/mol. The summed E-state index contributed by atoms with van der Waals surface area (Å²) >= 11 is 3.35. The Morgan fingerprint density at radius 1 is 1.07 bits per heavy atom. The van der Waals surface area contributed by atoms with Crippen molar-refractivity contribution in [2.75, 3.05) is 26.4 Å². The summed E-state index contributed by atoms with van der Waals surface area (Å²) in [6.07, 6.45) is 3.57. The Kier molecular flexibility index (Phi) is 7.08. The maximum Gasteiger partial charge on any atom is 0.331 e. The highest BCUT2D eigenvalue weighted by Crippen LogP contribution is 2.30. The van der Waals surface area contributed by atoms with Crippen molar-refractivity contribution < 1.29 is 23.8 Å². The van der Waals surface area contributed by atoms with Gasteiger partial charge in [-0.3, -0.25) is 4.79 Å². The van der Waals surface area contributed by atoms with Gasteiger partial charge in [0, 0.05) is 17.1 Å². The number of carbonyl (C=O) groups is 2. The quantitative estimate of drug-likeness (QED) is 0.523. The molecule has 146 valence electrons. The van der Waals surface area contributed by atoms with Crippen LogP contribution in [0.4, 0.5) is 0 Å². The Hall–Kier alpha value is -2.80. The molecule has 0 bridgehead atoms. The van der Waals surface area contributed by atoms with Crippen molar-refractivity contribution in [1.82, 2.24) is 5.32 Å². The van der Waals surface area contributed by atoms with E-state index in [-0.39, 0.29) is 12.5 Å². The van der Waals surface area contributed by atoms with Crippen LogP contribution in [-0.4, -0.2) is 38.2 Å². The largest absolute Gasteiger partial charge is 0.486 e. The molecule has 0 aromatic heterocycles. The molecule has 7 heteroatoms. The zero-order chi connectivity index (χ0) is 19.8. The summed E-state index contributed by atoms with van der Waals surface area (Å²) in [5, 5.41) is 2.73. The Labute approximate surface area is 171 Å². The van der Waals surface area contributed by atoms with Crippen molar-refractivity contribution in [2.24, 2.45) is 0 Å². The lowest BCUT2D eigenvalue weighted by Crippen LogP contribution is -2.30. The minimum atomic E-state index is -0.565. The summed E-state index contributed by atoms with van der Waals surface area (Å²) in [6.45, 7) is 1.21. The van der Waals surface area contributed by atoms with Crippen LogP contribution in [0.2, 0.25) is 0 Å². The Balaban J connectivity index is 1.36. The Bertz CT molecular complexity index is 864. The van der Waals surface area contributed by atoms with E-state index < -0.39 is 5.97 Å². The molecule has 0 atom stereocenters. The number of nitrogens with one attached hydrogen (secondary N) is 1. The summed E-state index contributed by atoms with van der Waals surface area (Å²) in [5.41, 5.74) is 1.89. The molecule has 3 rings (SSSR count). The van der Waals surface area contributed by atoms with E-state index in [1.54, 1.807) is 6.08 Å². The third-order valence-electron chi connectivity index (χ3n) is 3.97. The van der Waals surface area contributed by atoms with Crippen LogP contribution >= 0.6 is 15.9 Å². The van der Waals surface area contributed by atoms with E-state index in [0.717, 1.165) is 27.1 Å². The first kappa shape index (κ1) is 19.9. The fourth-order valence-electron chi connectivity index (χ4n) is 2.56. The standard InChI is InChI=1S/C21H20BrNO5/c22-17-5-1-15(2-6-17)4-8-21(25)28-14-20(24)23-10-9-16-3-7-18-19(13-16)27-12-11-26-18/h1-8,13H,9-12,14H2,(H,23,24)/b8-4+. The molecule has 1 aliphatic rings. The van der Waals surface area contributed by atoms with E-state index in [9.17, 15) is 9.59 Å². The number of fused-ring (bicyclic) bond motifs is 1. The first-order chi connectivity index (χ1) is 13.6. The van der Waals surface area contributed by atoms with Crippen LogP contribution in [0.15, 0.2) is 53.0 Å². The fourth-order valence-corrected chi connectivity index (χ4v) is 2.83. The highest BCUT2D eigenvalue weighted by atomic mass is 79.9. The third-order valence-corrected chi connectivity index (χ3v) is 4.50. The van der Waals surface area contributed by atoms with Crippen molar-refractivity contribution in [1.29, 1.82) is 0 Å². The van der Waals surface area contributed by atoms with Crippen LogP contribution in [0.5, 0.6) is 11.5 Å². The average Bonchev–Trinajstić information content (AvgIpc) is 2.72. The summed E-state index contributed by atoms with van der Waals surface area (Å²) in [7, 11) is 0. The van der Waals surface area contributed by atoms with Crippen molar-refractivity contribution in [3.63, 3.8) is 0 Å². The number of rotatable bonds is 7. The van der Waals surface area contributed by atoms with E-state index in [2.05, 4.69) is 21.2 Å². The van der Waals surface area contributed by atoms with Gasteiger partial charge in [0.05, 0.1) is 0 Å². The van der Waals surface area contributed by atoms with Crippen LogP contribution in [0.3, 0.4) is 0 Å². The lowest BCUT2D eigenvalue weighted by Gasteiger charge is -2.18. The van der Waals surface area contributed by atoms with Crippen molar-refractivity contribution >= 4 is 33.9 Å². The van der Waals surface area contributed by atoms with Gasteiger partial charge in [-0.05, 0) is 47.9 Å². The molecule has 0 fully saturated rings. The molecule has 6 nitrogen and oxygen atoms in total. The first-order valence-corrected chi connectivity index (χ1v) is 9.65. The van der Waals surface area contributed by atoms with Crippen molar-refractivity contribution in [2.45, 2.75) is 6.42 Å². The van der Waals surface area contributed by atoms with Gasteiger partial charge in [0.25, 0.3) is 5.91 Å². The smallest absolute Gasteiger partial charge is 0.331 e. The number of benzene rings is 2. The van der Waals surface area contributed by atoms with Crippen LogP contribution in [0.25, 0.3) is 6.08 Å². The molecule has 0 radical (unpaired) electrons. The number of ether oxygens (including phenoxy) is 3. The molecule has 0 saturated heterocycles. The molecular formula is C21H20BrNO5. The molecule has 1 aliphatic heterocycles. The molecule has 2 aromatic carbocycles. The zero-order valence-electron chi connectivity index (χ0n) is 15.2. The molecule has 0 aliphatic carbocycles. The SMILES string of the molecule is O=C(COC(=O)/C=C/c1ccc(Br)cc1)NCCc1ccc2c(c1)OCCO2. The summed E-state index contributed by atoms with van der Waals surface area (Å²) < 4.78 is 16.9. The van der Waals surface area contributed by atoms with Gasteiger partial charge in [-0.1, -0.05) is 34.1 Å². The van der Waals surface area contributed by atoms with Crippen molar-refractivity contribution in [3.8, 4) is 11.5 Å².